The highest BCUT2D eigenvalue weighted by atomic mass is 32.2. The first kappa shape index (κ1) is 16.4. The van der Waals surface area contributed by atoms with Crippen LogP contribution in [0.1, 0.15) is 12.8 Å². The summed E-state index contributed by atoms with van der Waals surface area (Å²) in [4.78, 5) is 14.0. The molecule has 2 saturated heterocycles. The van der Waals surface area contributed by atoms with E-state index in [1.807, 2.05) is 0 Å². The van der Waals surface area contributed by atoms with E-state index in [1.54, 1.807) is 4.90 Å². The number of sulfonamides is 1. The van der Waals surface area contributed by atoms with Crippen LogP contribution in [-0.4, -0.2) is 62.4 Å². The lowest BCUT2D eigenvalue weighted by Gasteiger charge is -2.35. The topological polar surface area (TPSA) is 66.9 Å². The van der Waals surface area contributed by atoms with Gasteiger partial charge in [0.1, 0.15) is 11.9 Å². The number of amides is 1. The van der Waals surface area contributed by atoms with Gasteiger partial charge < -0.3 is 9.64 Å². The lowest BCUT2D eigenvalue weighted by molar-refractivity contribution is -0.142. The van der Waals surface area contributed by atoms with Crippen LogP contribution in [0.2, 0.25) is 0 Å². The van der Waals surface area contributed by atoms with Crippen LogP contribution in [0.25, 0.3) is 0 Å². The molecule has 3 rings (SSSR count). The van der Waals surface area contributed by atoms with Crippen molar-refractivity contribution in [3.05, 3.63) is 30.1 Å². The van der Waals surface area contributed by atoms with Crippen LogP contribution < -0.4 is 0 Å². The fourth-order valence-electron chi connectivity index (χ4n) is 2.88. The van der Waals surface area contributed by atoms with Crippen LogP contribution in [-0.2, 0) is 19.6 Å². The molecule has 2 aliphatic heterocycles. The SMILES string of the molecule is O=C([C@@H]1CCCO1)N1CCN(S(=O)(=O)c2ccc(F)cc2)CC1. The standard InChI is InChI=1S/C15H19FN2O4S/c16-12-3-5-13(6-4-12)23(20,21)18-9-7-17(8-10-18)15(19)14-2-1-11-22-14/h3-6,14H,1-2,7-11H2/t14-/m0/s1. The number of hydrogen-bond donors (Lipinski definition) is 0. The Morgan fingerprint density at radius 1 is 1.13 bits per heavy atom. The van der Waals surface area contributed by atoms with E-state index in [2.05, 4.69) is 0 Å². The van der Waals surface area contributed by atoms with Crippen LogP contribution in [0.4, 0.5) is 4.39 Å². The first-order valence-electron chi connectivity index (χ1n) is 7.64. The van der Waals surface area contributed by atoms with Crippen molar-refractivity contribution in [2.45, 2.75) is 23.8 Å². The molecule has 0 N–H and O–H groups in total. The molecule has 0 aromatic heterocycles. The zero-order valence-electron chi connectivity index (χ0n) is 12.7. The number of benzene rings is 1. The zero-order chi connectivity index (χ0) is 16.4. The monoisotopic (exact) mass is 342 g/mol. The minimum Gasteiger partial charge on any atom is -0.368 e. The minimum atomic E-state index is -3.65. The number of nitrogens with zero attached hydrogens (tertiary/aromatic N) is 2. The van der Waals surface area contributed by atoms with Gasteiger partial charge in [0.15, 0.2) is 0 Å². The van der Waals surface area contributed by atoms with Gasteiger partial charge in [-0.15, -0.1) is 0 Å². The maximum absolute atomic E-state index is 12.9. The van der Waals surface area contributed by atoms with Gasteiger partial charge in [0, 0.05) is 32.8 Å². The molecule has 1 aromatic rings. The molecule has 2 heterocycles. The molecule has 1 aromatic carbocycles. The van der Waals surface area contributed by atoms with Crippen molar-refractivity contribution in [3.63, 3.8) is 0 Å². The van der Waals surface area contributed by atoms with Gasteiger partial charge in [0.05, 0.1) is 4.90 Å². The second-order valence-electron chi connectivity index (χ2n) is 5.68. The van der Waals surface area contributed by atoms with Crippen LogP contribution in [0, 0.1) is 5.82 Å². The van der Waals surface area contributed by atoms with E-state index in [0.717, 1.165) is 25.0 Å². The van der Waals surface area contributed by atoms with Crippen LogP contribution in [0.5, 0.6) is 0 Å². The van der Waals surface area contributed by atoms with Crippen molar-refractivity contribution < 1.29 is 22.3 Å². The van der Waals surface area contributed by atoms with Gasteiger partial charge in [-0.25, -0.2) is 12.8 Å². The predicted octanol–water partition coefficient (Wildman–Crippen LogP) is 0.838. The first-order valence-corrected chi connectivity index (χ1v) is 9.08. The summed E-state index contributed by atoms with van der Waals surface area (Å²) in [5, 5.41) is 0. The van der Waals surface area contributed by atoms with Crippen molar-refractivity contribution in [1.29, 1.82) is 0 Å². The summed E-state index contributed by atoms with van der Waals surface area (Å²) < 4.78 is 44.7. The highest BCUT2D eigenvalue weighted by Gasteiger charge is 2.33. The molecule has 126 valence electrons. The number of ether oxygens (including phenoxy) is 1. The Labute approximate surface area is 134 Å². The van der Waals surface area contributed by atoms with Gasteiger partial charge in [0.25, 0.3) is 5.91 Å². The van der Waals surface area contributed by atoms with E-state index in [0.29, 0.717) is 19.7 Å². The van der Waals surface area contributed by atoms with E-state index >= 15 is 0 Å². The Balaban J connectivity index is 1.64. The summed E-state index contributed by atoms with van der Waals surface area (Å²) in [5.41, 5.74) is 0. The molecule has 1 atom stereocenters. The Hall–Kier alpha value is -1.51. The number of hydrogen-bond acceptors (Lipinski definition) is 4. The molecular formula is C15H19FN2O4S. The number of carbonyl (C=O) groups excluding carboxylic acids is 1. The van der Waals surface area contributed by atoms with E-state index < -0.39 is 15.8 Å². The van der Waals surface area contributed by atoms with Gasteiger partial charge in [-0.05, 0) is 37.1 Å². The van der Waals surface area contributed by atoms with Gasteiger partial charge in [0.2, 0.25) is 10.0 Å². The molecule has 0 radical (unpaired) electrons. The predicted molar refractivity (Wildman–Crippen MR) is 80.7 cm³/mol. The highest BCUT2D eigenvalue weighted by Crippen LogP contribution is 2.20. The van der Waals surface area contributed by atoms with Gasteiger partial charge in [-0.2, -0.15) is 4.31 Å². The van der Waals surface area contributed by atoms with Crippen molar-refractivity contribution in [2.24, 2.45) is 0 Å². The Kier molecular flexibility index (Phi) is 4.65. The second-order valence-corrected chi connectivity index (χ2v) is 7.62. The Bertz CT molecular complexity index is 663. The zero-order valence-corrected chi connectivity index (χ0v) is 13.5. The fourth-order valence-corrected chi connectivity index (χ4v) is 4.30. The molecule has 0 bridgehead atoms. The second kappa shape index (κ2) is 6.54. The molecule has 0 aliphatic carbocycles. The number of piperazine rings is 1. The summed E-state index contributed by atoms with van der Waals surface area (Å²) >= 11 is 0. The van der Waals surface area contributed by atoms with E-state index in [4.69, 9.17) is 4.74 Å². The van der Waals surface area contributed by atoms with Gasteiger partial charge in [-0.1, -0.05) is 0 Å². The molecule has 23 heavy (non-hydrogen) atoms. The van der Waals surface area contributed by atoms with E-state index in [9.17, 15) is 17.6 Å². The summed E-state index contributed by atoms with van der Waals surface area (Å²) in [6, 6.07) is 4.78. The molecular weight excluding hydrogens is 323 g/mol. The quantitative estimate of drug-likeness (QED) is 0.816. The van der Waals surface area contributed by atoms with Gasteiger partial charge in [-0.3, -0.25) is 4.79 Å². The molecule has 8 heteroatoms. The van der Waals surface area contributed by atoms with E-state index in [-0.39, 0.29) is 30.0 Å². The molecule has 0 saturated carbocycles. The Morgan fingerprint density at radius 2 is 1.78 bits per heavy atom. The summed E-state index contributed by atoms with van der Waals surface area (Å²) in [6.45, 7) is 1.77. The minimum absolute atomic E-state index is 0.0543. The third-order valence-electron chi connectivity index (χ3n) is 4.21. The number of halogens is 1. The molecule has 2 aliphatic rings. The Morgan fingerprint density at radius 3 is 2.35 bits per heavy atom. The average Bonchev–Trinajstić information content (AvgIpc) is 3.09. The largest absolute Gasteiger partial charge is 0.368 e. The third-order valence-corrected chi connectivity index (χ3v) is 6.12. The highest BCUT2D eigenvalue weighted by molar-refractivity contribution is 7.89. The van der Waals surface area contributed by atoms with Crippen LogP contribution >= 0.6 is 0 Å². The van der Waals surface area contributed by atoms with Gasteiger partial charge >= 0.3 is 0 Å². The van der Waals surface area contributed by atoms with Crippen LogP contribution in [0.3, 0.4) is 0 Å². The average molecular weight is 342 g/mol. The maximum Gasteiger partial charge on any atom is 0.251 e. The van der Waals surface area contributed by atoms with Crippen molar-refractivity contribution in [3.8, 4) is 0 Å². The van der Waals surface area contributed by atoms with Crippen LogP contribution in [0.15, 0.2) is 29.2 Å². The van der Waals surface area contributed by atoms with E-state index in [1.165, 1.54) is 16.4 Å². The first-order chi connectivity index (χ1) is 11.0. The lowest BCUT2D eigenvalue weighted by atomic mass is 10.2. The van der Waals surface area contributed by atoms with Crippen molar-refractivity contribution >= 4 is 15.9 Å². The smallest absolute Gasteiger partial charge is 0.251 e. The third kappa shape index (κ3) is 3.39. The normalized spacial score (nSPS) is 23.2. The summed E-state index contributed by atoms with van der Waals surface area (Å²) in [7, 11) is -3.65. The molecule has 1 amide bonds. The lowest BCUT2D eigenvalue weighted by Crippen LogP contribution is -2.52. The summed E-state index contributed by atoms with van der Waals surface area (Å²) in [5.74, 6) is -0.530. The maximum atomic E-state index is 12.9. The number of rotatable bonds is 3. The molecule has 6 nitrogen and oxygen atoms in total. The van der Waals surface area contributed by atoms with Crippen molar-refractivity contribution in [2.75, 3.05) is 32.8 Å². The summed E-state index contributed by atoms with van der Waals surface area (Å²) in [6.07, 6.45) is 1.23. The molecule has 2 fully saturated rings. The fraction of sp³-hybridized carbons (Fsp3) is 0.533. The number of carbonyl (C=O) groups is 1. The van der Waals surface area contributed by atoms with Crippen molar-refractivity contribution in [1.82, 2.24) is 9.21 Å². The molecule has 0 spiro atoms. The molecule has 0 unspecified atom stereocenters.